The van der Waals surface area contributed by atoms with Crippen LogP contribution in [-0.2, 0) is 14.3 Å². The van der Waals surface area contributed by atoms with Crippen molar-refractivity contribution in [2.45, 2.75) is 57.7 Å². The predicted molar refractivity (Wildman–Crippen MR) is 64.8 cm³/mol. The number of alkyl halides is 2. The molecule has 1 amide bonds. The number of amides is 1. The number of ether oxygens (including phenoxy) is 1. The standard InChI is InChI=1S/C12H20F2N2O3/c1-7(9(17)16-11(2,3)4)15-6-8-5-12(13,14)10(18)19-8/h7-8,15H,5-6H2,1-4H3,(H,16,17). The van der Waals surface area contributed by atoms with Gasteiger partial charge in [0.1, 0.15) is 6.10 Å². The number of halogens is 2. The number of rotatable bonds is 4. The lowest BCUT2D eigenvalue weighted by Gasteiger charge is -2.24. The van der Waals surface area contributed by atoms with Gasteiger partial charge in [-0.2, -0.15) is 8.78 Å². The second-order valence-corrected chi connectivity index (χ2v) is 5.81. The van der Waals surface area contributed by atoms with E-state index >= 15 is 0 Å². The van der Waals surface area contributed by atoms with Crippen LogP contribution in [-0.4, -0.2) is 42.0 Å². The highest BCUT2D eigenvalue weighted by molar-refractivity contribution is 5.82. The molecule has 1 saturated heterocycles. The molecule has 0 bridgehead atoms. The number of carbonyl (C=O) groups is 2. The molecule has 0 spiro atoms. The molecule has 0 aromatic rings. The second-order valence-electron chi connectivity index (χ2n) is 5.81. The van der Waals surface area contributed by atoms with Gasteiger partial charge in [0.25, 0.3) is 0 Å². The number of hydrogen-bond acceptors (Lipinski definition) is 4. The highest BCUT2D eigenvalue weighted by atomic mass is 19.3. The molecular weight excluding hydrogens is 258 g/mol. The smallest absolute Gasteiger partial charge is 0.377 e. The molecule has 2 atom stereocenters. The first-order valence-electron chi connectivity index (χ1n) is 6.15. The van der Waals surface area contributed by atoms with Crippen LogP contribution in [0, 0.1) is 0 Å². The average Bonchev–Trinajstić information content (AvgIpc) is 2.47. The zero-order valence-corrected chi connectivity index (χ0v) is 11.5. The monoisotopic (exact) mass is 278 g/mol. The van der Waals surface area contributed by atoms with E-state index in [0.717, 1.165) is 0 Å². The molecule has 2 N–H and O–H groups in total. The Bertz CT molecular complexity index is 366. The molecule has 0 aromatic carbocycles. The average molecular weight is 278 g/mol. The maximum atomic E-state index is 12.9. The van der Waals surface area contributed by atoms with Crippen molar-refractivity contribution in [2.75, 3.05) is 6.54 Å². The molecule has 1 rings (SSSR count). The van der Waals surface area contributed by atoms with Crippen molar-refractivity contribution in [3.05, 3.63) is 0 Å². The summed E-state index contributed by atoms with van der Waals surface area (Å²) < 4.78 is 30.3. The van der Waals surface area contributed by atoms with Gasteiger partial charge in [0.2, 0.25) is 5.91 Å². The summed E-state index contributed by atoms with van der Waals surface area (Å²) >= 11 is 0. The first kappa shape index (κ1) is 15.8. The molecule has 0 saturated carbocycles. The minimum Gasteiger partial charge on any atom is -0.456 e. The third-order valence-corrected chi connectivity index (χ3v) is 2.60. The molecule has 7 heteroatoms. The normalized spacial score (nSPS) is 23.9. The Morgan fingerprint density at radius 3 is 2.53 bits per heavy atom. The van der Waals surface area contributed by atoms with E-state index < -0.39 is 30.5 Å². The summed E-state index contributed by atoms with van der Waals surface area (Å²) in [5.74, 6) is -5.14. The molecule has 2 unspecified atom stereocenters. The summed E-state index contributed by atoms with van der Waals surface area (Å²) in [6, 6.07) is -0.549. The summed E-state index contributed by atoms with van der Waals surface area (Å²) in [4.78, 5) is 22.5. The first-order valence-corrected chi connectivity index (χ1v) is 6.15. The van der Waals surface area contributed by atoms with Crippen LogP contribution in [0.5, 0.6) is 0 Å². The minimum absolute atomic E-state index is 0.0278. The van der Waals surface area contributed by atoms with Crippen LogP contribution in [0.3, 0.4) is 0 Å². The fraction of sp³-hybridized carbons (Fsp3) is 0.833. The Morgan fingerprint density at radius 1 is 1.53 bits per heavy atom. The molecule has 5 nitrogen and oxygen atoms in total. The first-order chi connectivity index (χ1) is 8.51. The van der Waals surface area contributed by atoms with Crippen LogP contribution in [0.2, 0.25) is 0 Å². The molecule has 110 valence electrons. The Hall–Kier alpha value is -1.24. The zero-order valence-electron chi connectivity index (χ0n) is 11.5. The van der Waals surface area contributed by atoms with Crippen molar-refractivity contribution in [1.82, 2.24) is 10.6 Å². The lowest BCUT2D eigenvalue weighted by molar-refractivity contribution is -0.159. The zero-order chi connectivity index (χ0) is 14.8. The van der Waals surface area contributed by atoms with Crippen molar-refractivity contribution < 1.29 is 23.1 Å². The number of esters is 1. The van der Waals surface area contributed by atoms with E-state index in [0.29, 0.717) is 0 Å². The van der Waals surface area contributed by atoms with Gasteiger partial charge in [-0.1, -0.05) is 0 Å². The van der Waals surface area contributed by atoms with Gasteiger partial charge in [-0.3, -0.25) is 4.79 Å². The van der Waals surface area contributed by atoms with Gasteiger partial charge in [0.15, 0.2) is 0 Å². The van der Waals surface area contributed by atoms with E-state index in [-0.39, 0.29) is 18.0 Å². The topological polar surface area (TPSA) is 67.4 Å². The third-order valence-electron chi connectivity index (χ3n) is 2.60. The molecule has 1 heterocycles. The lowest BCUT2D eigenvalue weighted by atomic mass is 10.1. The molecule has 0 radical (unpaired) electrons. The minimum atomic E-state index is -3.41. The van der Waals surface area contributed by atoms with Crippen molar-refractivity contribution >= 4 is 11.9 Å². The molecule has 0 aromatic heterocycles. The van der Waals surface area contributed by atoms with Crippen LogP contribution < -0.4 is 10.6 Å². The Kier molecular flexibility index (Phi) is 4.50. The highest BCUT2D eigenvalue weighted by Gasteiger charge is 2.50. The molecule has 19 heavy (non-hydrogen) atoms. The van der Waals surface area contributed by atoms with Crippen molar-refractivity contribution in [3.63, 3.8) is 0 Å². The maximum absolute atomic E-state index is 12.9. The molecule has 0 aliphatic carbocycles. The van der Waals surface area contributed by atoms with E-state index in [1.54, 1.807) is 6.92 Å². The van der Waals surface area contributed by atoms with Gasteiger partial charge < -0.3 is 15.4 Å². The Balaban J connectivity index is 2.38. The molecule has 1 fully saturated rings. The lowest BCUT2D eigenvalue weighted by Crippen LogP contribution is -2.50. The van der Waals surface area contributed by atoms with Crippen LogP contribution in [0.1, 0.15) is 34.1 Å². The quantitative estimate of drug-likeness (QED) is 0.748. The van der Waals surface area contributed by atoms with Gasteiger partial charge >= 0.3 is 11.9 Å². The number of hydrogen-bond donors (Lipinski definition) is 2. The SMILES string of the molecule is CC(NCC1CC(F)(F)C(=O)O1)C(=O)NC(C)(C)C. The van der Waals surface area contributed by atoms with Gasteiger partial charge in [0.05, 0.1) is 12.5 Å². The van der Waals surface area contributed by atoms with Gasteiger partial charge in [-0.25, -0.2) is 4.79 Å². The fourth-order valence-electron chi connectivity index (χ4n) is 1.64. The predicted octanol–water partition coefficient (Wildman–Crippen LogP) is 0.830. The number of carbonyl (C=O) groups excluding carboxylic acids is 2. The van der Waals surface area contributed by atoms with Crippen LogP contribution >= 0.6 is 0 Å². The number of nitrogens with one attached hydrogen (secondary N) is 2. The summed E-state index contributed by atoms with van der Waals surface area (Å²) in [7, 11) is 0. The molecular formula is C12H20F2N2O3. The van der Waals surface area contributed by atoms with Crippen LogP contribution in [0.15, 0.2) is 0 Å². The third kappa shape index (κ3) is 4.74. The van der Waals surface area contributed by atoms with Crippen molar-refractivity contribution in [3.8, 4) is 0 Å². The van der Waals surface area contributed by atoms with E-state index in [2.05, 4.69) is 15.4 Å². The fourth-order valence-corrected chi connectivity index (χ4v) is 1.64. The summed E-state index contributed by atoms with van der Waals surface area (Å²) in [5, 5.41) is 5.54. The van der Waals surface area contributed by atoms with Gasteiger partial charge in [-0.15, -0.1) is 0 Å². The van der Waals surface area contributed by atoms with Gasteiger partial charge in [0, 0.05) is 12.1 Å². The van der Waals surface area contributed by atoms with Crippen molar-refractivity contribution in [1.29, 1.82) is 0 Å². The molecule has 1 aliphatic heterocycles. The highest BCUT2D eigenvalue weighted by Crippen LogP contribution is 2.30. The van der Waals surface area contributed by atoms with Crippen LogP contribution in [0.25, 0.3) is 0 Å². The number of cyclic esters (lactones) is 1. The van der Waals surface area contributed by atoms with E-state index in [9.17, 15) is 18.4 Å². The van der Waals surface area contributed by atoms with Crippen molar-refractivity contribution in [2.24, 2.45) is 0 Å². The Labute approximate surface area is 111 Å². The van der Waals surface area contributed by atoms with E-state index in [1.807, 2.05) is 20.8 Å². The maximum Gasteiger partial charge on any atom is 0.377 e. The summed E-state index contributed by atoms with van der Waals surface area (Å²) in [5.41, 5.74) is -0.361. The van der Waals surface area contributed by atoms with Gasteiger partial charge in [-0.05, 0) is 27.7 Å². The second kappa shape index (κ2) is 5.40. The summed E-state index contributed by atoms with van der Waals surface area (Å²) in [6.07, 6.45) is -1.54. The van der Waals surface area contributed by atoms with E-state index in [1.165, 1.54) is 0 Å². The van der Waals surface area contributed by atoms with Crippen LogP contribution in [0.4, 0.5) is 8.78 Å². The largest absolute Gasteiger partial charge is 0.456 e. The molecule has 1 aliphatic rings. The Morgan fingerprint density at radius 2 is 2.11 bits per heavy atom. The van der Waals surface area contributed by atoms with E-state index in [4.69, 9.17) is 0 Å². The summed E-state index contributed by atoms with van der Waals surface area (Å²) in [6.45, 7) is 7.18.